The van der Waals surface area contributed by atoms with Crippen molar-refractivity contribution in [2.24, 2.45) is 0 Å². The summed E-state index contributed by atoms with van der Waals surface area (Å²) in [6.45, 7) is 2.70. The van der Waals surface area contributed by atoms with Crippen molar-refractivity contribution in [3.63, 3.8) is 0 Å². The molecule has 3 aromatic rings. The molecular formula is C21H18N3NaO4. The van der Waals surface area contributed by atoms with Crippen LogP contribution < -0.4 is 44.3 Å². The molecule has 29 heavy (non-hydrogen) atoms. The molecule has 4 rings (SSSR count). The van der Waals surface area contributed by atoms with Crippen molar-refractivity contribution < 1.29 is 49.0 Å². The summed E-state index contributed by atoms with van der Waals surface area (Å²) in [5.74, 6) is -1.42. The van der Waals surface area contributed by atoms with Crippen LogP contribution in [0.1, 0.15) is 27.2 Å². The van der Waals surface area contributed by atoms with Crippen LogP contribution in [0.25, 0.3) is 0 Å². The number of carboxylic acid groups (broad SMARTS) is 1. The molecule has 0 atom stereocenters. The Bertz CT molecular complexity index is 1050. The number of hydrogen-bond donors (Lipinski definition) is 0. The molecule has 7 nitrogen and oxygen atoms in total. The molecule has 0 saturated heterocycles. The van der Waals surface area contributed by atoms with Crippen LogP contribution in [0.15, 0.2) is 55.0 Å². The van der Waals surface area contributed by atoms with Crippen LogP contribution in [0.2, 0.25) is 0 Å². The van der Waals surface area contributed by atoms with Gasteiger partial charge in [0.2, 0.25) is 0 Å². The first-order chi connectivity index (χ1) is 13.5. The van der Waals surface area contributed by atoms with E-state index in [0.717, 1.165) is 11.3 Å². The van der Waals surface area contributed by atoms with E-state index in [9.17, 15) is 14.7 Å². The minimum atomic E-state index is -1.34. The van der Waals surface area contributed by atoms with Gasteiger partial charge in [-0.1, -0.05) is 35.9 Å². The van der Waals surface area contributed by atoms with E-state index < -0.39 is 5.97 Å². The number of hydrogen-bond acceptors (Lipinski definition) is 5. The number of nitrogens with zero attached hydrogens (tertiary/aromatic N) is 3. The SMILES string of the molecule is Cc1ccc(Cn2cncc2CN2C(=O)COc3c(C(=O)[O-])cccc32)cc1.[Na+]. The minimum Gasteiger partial charge on any atom is -0.545 e. The first-order valence-corrected chi connectivity index (χ1v) is 8.85. The van der Waals surface area contributed by atoms with E-state index >= 15 is 0 Å². The van der Waals surface area contributed by atoms with E-state index in [4.69, 9.17) is 4.74 Å². The molecule has 142 valence electrons. The summed E-state index contributed by atoms with van der Waals surface area (Å²) in [5, 5.41) is 11.4. The van der Waals surface area contributed by atoms with E-state index in [2.05, 4.69) is 29.2 Å². The molecule has 1 aromatic heterocycles. The number of aryl methyl sites for hydroxylation is 1. The van der Waals surface area contributed by atoms with E-state index in [1.807, 2.05) is 11.5 Å². The van der Waals surface area contributed by atoms with Crippen molar-refractivity contribution in [1.82, 2.24) is 9.55 Å². The molecule has 2 heterocycles. The van der Waals surface area contributed by atoms with Gasteiger partial charge >= 0.3 is 29.6 Å². The van der Waals surface area contributed by atoms with Crippen molar-refractivity contribution in [1.29, 1.82) is 0 Å². The van der Waals surface area contributed by atoms with E-state index in [1.54, 1.807) is 24.7 Å². The fraction of sp³-hybridized carbons (Fsp3) is 0.190. The number of carbonyl (C=O) groups excluding carboxylic acids is 2. The topological polar surface area (TPSA) is 87.5 Å². The fourth-order valence-corrected chi connectivity index (χ4v) is 3.24. The van der Waals surface area contributed by atoms with Crippen LogP contribution in [0.3, 0.4) is 0 Å². The summed E-state index contributed by atoms with van der Waals surface area (Å²) in [6.07, 6.45) is 3.43. The summed E-state index contributed by atoms with van der Waals surface area (Å²) < 4.78 is 7.35. The van der Waals surface area contributed by atoms with E-state index in [0.29, 0.717) is 12.2 Å². The third kappa shape index (κ3) is 4.37. The van der Waals surface area contributed by atoms with Gasteiger partial charge in [0.05, 0.1) is 30.2 Å². The number of benzene rings is 2. The summed E-state index contributed by atoms with van der Waals surface area (Å²) in [6, 6.07) is 12.9. The number of para-hydroxylation sites is 1. The Morgan fingerprint density at radius 3 is 2.66 bits per heavy atom. The summed E-state index contributed by atoms with van der Waals surface area (Å²) >= 11 is 0. The van der Waals surface area contributed by atoms with Gasteiger partial charge in [0.1, 0.15) is 0 Å². The Morgan fingerprint density at radius 2 is 1.93 bits per heavy atom. The predicted octanol–water partition coefficient (Wildman–Crippen LogP) is -1.47. The Balaban J connectivity index is 0.00000240. The molecule has 0 fully saturated rings. The third-order valence-electron chi connectivity index (χ3n) is 4.74. The molecule has 8 heteroatoms. The van der Waals surface area contributed by atoms with Gasteiger partial charge in [0.25, 0.3) is 5.91 Å². The summed E-state index contributed by atoms with van der Waals surface area (Å²) in [5.41, 5.74) is 3.50. The molecule has 0 bridgehead atoms. The Morgan fingerprint density at radius 1 is 1.17 bits per heavy atom. The molecule has 0 N–H and O–H groups in total. The zero-order valence-corrected chi connectivity index (χ0v) is 18.3. The van der Waals surface area contributed by atoms with Crippen LogP contribution in [0, 0.1) is 6.92 Å². The van der Waals surface area contributed by atoms with Crippen LogP contribution in [0.4, 0.5) is 5.69 Å². The maximum absolute atomic E-state index is 12.5. The van der Waals surface area contributed by atoms with Gasteiger partial charge in [0, 0.05) is 18.3 Å². The van der Waals surface area contributed by atoms with Crippen LogP contribution in [-0.2, 0) is 17.9 Å². The number of rotatable bonds is 5. The molecular weight excluding hydrogens is 381 g/mol. The third-order valence-corrected chi connectivity index (χ3v) is 4.74. The van der Waals surface area contributed by atoms with Gasteiger partial charge in [0.15, 0.2) is 12.4 Å². The number of ether oxygens (including phenoxy) is 1. The van der Waals surface area contributed by atoms with Gasteiger partial charge in [-0.15, -0.1) is 0 Å². The van der Waals surface area contributed by atoms with Gasteiger partial charge in [-0.05, 0) is 24.6 Å². The number of imidazole rings is 1. The molecule has 0 unspecified atom stereocenters. The summed E-state index contributed by atoms with van der Waals surface area (Å²) in [4.78, 5) is 29.6. The number of carboxylic acids is 1. The molecule has 0 aliphatic carbocycles. The molecule has 0 saturated carbocycles. The number of amides is 1. The van der Waals surface area contributed by atoms with Crippen molar-refractivity contribution in [2.45, 2.75) is 20.0 Å². The van der Waals surface area contributed by atoms with Crippen LogP contribution in [0.5, 0.6) is 5.75 Å². The fourth-order valence-electron chi connectivity index (χ4n) is 3.24. The Kier molecular flexibility index (Phi) is 6.42. The number of carbonyl (C=O) groups is 2. The van der Waals surface area contributed by atoms with Gasteiger partial charge in [-0.2, -0.15) is 0 Å². The quantitative estimate of drug-likeness (QED) is 0.489. The normalized spacial score (nSPS) is 12.7. The first-order valence-electron chi connectivity index (χ1n) is 8.85. The second-order valence-electron chi connectivity index (χ2n) is 6.71. The average Bonchev–Trinajstić information content (AvgIpc) is 3.12. The van der Waals surface area contributed by atoms with Gasteiger partial charge in [-0.25, -0.2) is 4.98 Å². The number of aromatic carboxylic acids is 1. The van der Waals surface area contributed by atoms with E-state index in [1.165, 1.54) is 16.5 Å². The van der Waals surface area contributed by atoms with E-state index in [-0.39, 0.29) is 59.9 Å². The zero-order valence-electron chi connectivity index (χ0n) is 16.3. The van der Waals surface area contributed by atoms with Crippen molar-refractivity contribution >= 4 is 17.6 Å². The molecule has 1 amide bonds. The van der Waals surface area contributed by atoms with Crippen molar-refractivity contribution in [3.05, 3.63) is 77.4 Å². The maximum Gasteiger partial charge on any atom is 1.00 e. The van der Waals surface area contributed by atoms with Gasteiger partial charge in [-0.3, -0.25) is 9.69 Å². The van der Waals surface area contributed by atoms with Gasteiger partial charge < -0.3 is 19.2 Å². The van der Waals surface area contributed by atoms with Crippen molar-refractivity contribution in [2.75, 3.05) is 11.5 Å². The minimum absolute atomic E-state index is 0. The second kappa shape index (κ2) is 8.82. The standard InChI is InChI=1S/C21H19N3O4.Na/c1-14-5-7-15(8-6-14)10-23-13-22-9-16(23)11-24-18-4-2-3-17(21(26)27)20(18)28-12-19(24)25;/h2-9,13H,10-12H2,1H3,(H,26,27);/q;+1/p-1. The number of aromatic nitrogens is 2. The van der Waals surface area contributed by atoms with Crippen LogP contribution >= 0.6 is 0 Å². The Labute approximate surface area is 190 Å². The molecule has 1 aliphatic heterocycles. The molecule has 1 aliphatic rings. The molecule has 0 radical (unpaired) electrons. The maximum atomic E-state index is 12.5. The van der Waals surface area contributed by atoms with Crippen molar-refractivity contribution in [3.8, 4) is 5.75 Å². The zero-order chi connectivity index (χ0) is 19.7. The number of anilines is 1. The molecule has 0 spiro atoms. The Hall–Kier alpha value is -2.61. The molecule has 2 aromatic carbocycles. The number of fused-ring (bicyclic) bond motifs is 1. The smallest absolute Gasteiger partial charge is 0.545 e. The second-order valence-corrected chi connectivity index (χ2v) is 6.71. The predicted molar refractivity (Wildman–Crippen MR) is 100.0 cm³/mol. The largest absolute Gasteiger partial charge is 1.00 e. The monoisotopic (exact) mass is 399 g/mol. The van der Waals surface area contributed by atoms with Crippen LogP contribution in [-0.4, -0.2) is 28.0 Å². The summed E-state index contributed by atoms with van der Waals surface area (Å²) in [7, 11) is 0. The average molecular weight is 399 g/mol. The first kappa shape index (κ1) is 21.1.